The molecule has 3 N–H and O–H groups in total. The zero-order chi connectivity index (χ0) is 15.7. The molecular weight excluding hydrogens is 308 g/mol. The molecule has 0 radical (unpaired) electrons. The third-order valence-corrected chi connectivity index (χ3v) is 6.21. The number of nitrogens with one attached hydrogen (secondary N) is 1. The number of rotatable bonds is 7. The third kappa shape index (κ3) is 3.59. The number of amides is 1. The Bertz CT molecular complexity index is 624. The van der Waals surface area contributed by atoms with Gasteiger partial charge in [-0.3, -0.25) is 4.79 Å². The summed E-state index contributed by atoms with van der Waals surface area (Å²) in [7, 11) is -1.42. The number of sulfone groups is 1. The molecule has 1 amide bonds. The Morgan fingerprint density at radius 2 is 1.95 bits per heavy atom. The number of primary amides is 1. The Hall–Kier alpha value is -1.05. The fraction of sp³-hybridized carbons (Fsp3) is 0.500. The molecule has 1 unspecified atom stereocenters. The van der Waals surface area contributed by atoms with Gasteiger partial charge in [0.2, 0.25) is 5.91 Å². The van der Waals surface area contributed by atoms with Crippen LogP contribution < -0.4 is 11.1 Å². The zero-order valence-corrected chi connectivity index (χ0v) is 13.8. The van der Waals surface area contributed by atoms with Gasteiger partial charge in [-0.2, -0.15) is 0 Å². The maximum Gasteiger partial charge on any atom is 0.238 e. The monoisotopic (exact) mass is 328 g/mol. The molecule has 1 aromatic carbocycles. The van der Waals surface area contributed by atoms with E-state index in [0.29, 0.717) is 16.6 Å². The molecule has 2 rings (SSSR count). The van der Waals surface area contributed by atoms with Crippen LogP contribution in [0, 0.1) is 5.92 Å². The lowest BCUT2D eigenvalue weighted by Gasteiger charge is -2.30. The molecule has 0 spiro atoms. The van der Waals surface area contributed by atoms with Crippen LogP contribution in [0.1, 0.15) is 12.8 Å². The zero-order valence-electron chi connectivity index (χ0n) is 12.1. The molecule has 1 saturated carbocycles. The van der Waals surface area contributed by atoms with E-state index in [1.807, 2.05) is 0 Å². The molecule has 21 heavy (non-hydrogen) atoms. The molecule has 0 aromatic heterocycles. The molecule has 1 aromatic rings. The minimum atomic E-state index is -3.18. The Morgan fingerprint density at radius 3 is 2.33 bits per heavy atom. The second-order valence-electron chi connectivity index (χ2n) is 5.39. The molecule has 0 bridgehead atoms. The molecule has 0 saturated heterocycles. The summed E-state index contributed by atoms with van der Waals surface area (Å²) >= 11 is 1.51. The largest absolute Gasteiger partial charge is 0.368 e. The highest BCUT2D eigenvalue weighted by atomic mass is 32.2. The van der Waals surface area contributed by atoms with Crippen LogP contribution in [-0.2, 0) is 14.6 Å². The Morgan fingerprint density at radius 1 is 1.38 bits per heavy atom. The van der Waals surface area contributed by atoms with Crippen molar-refractivity contribution in [1.82, 2.24) is 5.32 Å². The molecule has 7 heteroatoms. The van der Waals surface area contributed by atoms with Crippen molar-refractivity contribution in [3.63, 3.8) is 0 Å². The predicted octanol–water partition coefficient (Wildman–Crippen LogP) is 1.04. The molecule has 1 fully saturated rings. The molecule has 5 nitrogen and oxygen atoms in total. The van der Waals surface area contributed by atoms with Crippen molar-refractivity contribution in [2.45, 2.75) is 28.2 Å². The predicted molar refractivity (Wildman–Crippen MR) is 84.0 cm³/mol. The topological polar surface area (TPSA) is 89.3 Å². The molecule has 0 heterocycles. The van der Waals surface area contributed by atoms with Gasteiger partial charge in [0.25, 0.3) is 0 Å². The number of carbonyl (C=O) groups is 1. The molecule has 0 aliphatic heterocycles. The fourth-order valence-electron chi connectivity index (χ4n) is 2.35. The number of benzene rings is 1. The van der Waals surface area contributed by atoms with E-state index in [2.05, 4.69) is 5.32 Å². The van der Waals surface area contributed by atoms with Gasteiger partial charge in [0.1, 0.15) is 5.54 Å². The van der Waals surface area contributed by atoms with Crippen LogP contribution in [0.15, 0.2) is 34.1 Å². The second-order valence-corrected chi connectivity index (χ2v) is 8.46. The number of carbonyl (C=O) groups excluding carboxylic acids is 1. The van der Waals surface area contributed by atoms with Crippen molar-refractivity contribution in [2.24, 2.45) is 11.7 Å². The summed E-state index contributed by atoms with van der Waals surface area (Å²) in [6.07, 6.45) is 3.20. The van der Waals surface area contributed by atoms with Crippen LogP contribution >= 0.6 is 11.8 Å². The number of hydrogen-bond donors (Lipinski definition) is 2. The van der Waals surface area contributed by atoms with E-state index < -0.39 is 15.4 Å². The first-order valence-electron chi connectivity index (χ1n) is 6.71. The van der Waals surface area contributed by atoms with Crippen molar-refractivity contribution in [1.29, 1.82) is 0 Å². The van der Waals surface area contributed by atoms with E-state index in [4.69, 9.17) is 5.73 Å². The SMILES string of the molecule is CNC(CSc1ccc(S(C)(=O)=O)cc1)(C(N)=O)C1CC1. The maximum atomic E-state index is 11.8. The molecule has 1 atom stereocenters. The van der Waals surface area contributed by atoms with Crippen LogP contribution in [0.4, 0.5) is 0 Å². The first-order valence-corrected chi connectivity index (χ1v) is 9.59. The summed E-state index contributed by atoms with van der Waals surface area (Å²) in [5.74, 6) is 0.511. The molecular formula is C14H20N2O3S2. The van der Waals surface area contributed by atoms with Crippen LogP contribution in [0.5, 0.6) is 0 Å². The van der Waals surface area contributed by atoms with Crippen molar-refractivity contribution in [3.05, 3.63) is 24.3 Å². The van der Waals surface area contributed by atoms with Crippen LogP contribution in [0.3, 0.4) is 0 Å². The van der Waals surface area contributed by atoms with Crippen molar-refractivity contribution < 1.29 is 13.2 Å². The van der Waals surface area contributed by atoms with Gasteiger partial charge in [-0.25, -0.2) is 8.42 Å². The second kappa shape index (κ2) is 5.98. The maximum absolute atomic E-state index is 11.8. The molecule has 1 aliphatic carbocycles. The lowest BCUT2D eigenvalue weighted by atomic mass is 9.95. The Labute approximate surface area is 129 Å². The van der Waals surface area contributed by atoms with Gasteiger partial charge in [-0.15, -0.1) is 11.8 Å². The summed E-state index contributed by atoms with van der Waals surface area (Å²) in [5, 5.41) is 3.09. The van der Waals surface area contributed by atoms with E-state index in [1.165, 1.54) is 18.0 Å². The van der Waals surface area contributed by atoms with Crippen molar-refractivity contribution in [2.75, 3.05) is 19.1 Å². The summed E-state index contributed by atoms with van der Waals surface area (Å²) in [6, 6.07) is 6.69. The summed E-state index contributed by atoms with van der Waals surface area (Å²) in [6.45, 7) is 0. The van der Waals surface area contributed by atoms with E-state index in [-0.39, 0.29) is 5.91 Å². The normalized spacial score (nSPS) is 18.2. The van der Waals surface area contributed by atoms with Gasteiger partial charge in [0.05, 0.1) is 4.90 Å². The van der Waals surface area contributed by atoms with Gasteiger partial charge < -0.3 is 11.1 Å². The highest BCUT2D eigenvalue weighted by Crippen LogP contribution is 2.42. The van der Waals surface area contributed by atoms with E-state index in [9.17, 15) is 13.2 Å². The summed E-state index contributed by atoms with van der Waals surface area (Å²) in [5.41, 5.74) is 4.89. The molecule has 1 aliphatic rings. The minimum absolute atomic E-state index is 0.294. The quantitative estimate of drug-likeness (QED) is 0.730. The van der Waals surface area contributed by atoms with Crippen molar-refractivity contribution >= 4 is 27.5 Å². The highest BCUT2D eigenvalue weighted by molar-refractivity contribution is 7.99. The number of nitrogens with two attached hydrogens (primary N) is 1. The lowest BCUT2D eigenvalue weighted by molar-refractivity contribution is -0.124. The van der Waals surface area contributed by atoms with Gasteiger partial charge >= 0.3 is 0 Å². The average molecular weight is 328 g/mol. The fourth-order valence-corrected chi connectivity index (χ4v) is 4.22. The smallest absolute Gasteiger partial charge is 0.238 e. The average Bonchev–Trinajstić information content (AvgIpc) is 3.24. The van der Waals surface area contributed by atoms with Crippen molar-refractivity contribution in [3.8, 4) is 0 Å². The van der Waals surface area contributed by atoms with Crippen LogP contribution in [0.25, 0.3) is 0 Å². The van der Waals surface area contributed by atoms with Crippen LogP contribution in [-0.4, -0.2) is 38.9 Å². The number of thioether (sulfide) groups is 1. The first kappa shape index (κ1) is 16.3. The van der Waals surface area contributed by atoms with E-state index in [1.54, 1.807) is 31.3 Å². The Balaban J connectivity index is 2.09. The number of likely N-dealkylation sites (N-methyl/N-ethyl adjacent to an activating group) is 1. The third-order valence-electron chi connectivity index (χ3n) is 3.88. The van der Waals surface area contributed by atoms with E-state index >= 15 is 0 Å². The first-order chi connectivity index (χ1) is 9.79. The van der Waals surface area contributed by atoms with Gasteiger partial charge in [0.15, 0.2) is 9.84 Å². The van der Waals surface area contributed by atoms with Gasteiger partial charge in [0, 0.05) is 16.9 Å². The van der Waals surface area contributed by atoms with Crippen LogP contribution in [0.2, 0.25) is 0 Å². The van der Waals surface area contributed by atoms with Gasteiger partial charge in [-0.1, -0.05) is 0 Å². The van der Waals surface area contributed by atoms with E-state index in [0.717, 1.165) is 17.7 Å². The standard InChI is InChI=1S/C14H20N2O3S2/c1-16-14(13(15)17,10-3-4-10)9-20-11-5-7-12(8-6-11)21(2,18)19/h5-8,10,16H,3-4,9H2,1-2H3,(H2,15,17). The number of hydrogen-bond acceptors (Lipinski definition) is 5. The highest BCUT2D eigenvalue weighted by Gasteiger charge is 2.48. The molecule has 116 valence electrons. The summed E-state index contributed by atoms with van der Waals surface area (Å²) in [4.78, 5) is 13.0. The van der Waals surface area contributed by atoms with Gasteiger partial charge in [-0.05, 0) is 50.1 Å². The minimum Gasteiger partial charge on any atom is -0.368 e. The Kier molecular flexibility index (Phi) is 4.65. The lowest BCUT2D eigenvalue weighted by Crippen LogP contribution is -2.57. The summed E-state index contributed by atoms with van der Waals surface area (Å²) < 4.78 is 22.8.